The van der Waals surface area contributed by atoms with Crippen LogP contribution in [0.5, 0.6) is 0 Å². The molecule has 78 valence electrons. The van der Waals surface area contributed by atoms with Crippen LogP contribution in [0.2, 0.25) is 0 Å². The fourth-order valence-corrected chi connectivity index (χ4v) is 2.43. The second-order valence-electron chi connectivity index (χ2n) is 3.94. The van der Waals surface area contributed by atoms with Gasteiger partial charge in [-0.25, -0.2) is 0 Å². The first-order chi connectivity index (χ1) is 6.79. The van der Waals surface area contributed by atoms with Crippen molar-refractivity contribution >= 4 is 11.8 Å². The minimum Gasteiger partial charge on any atom is -0.468 e. The first-order valence-corrected chi connectivity index (χ1v) is 5.17. The van der Waals surface area contributed by atoms with Crippen LogP contribution in [0.25, 0.3) is 0 Å². The molecule has 2 rings (SSSR count). The Morgan fingerprint density at radius 3 is 2.71 bits per heavy atom. The highest BCUT2D eigenvalue weighted by atomic mass is 16.5. The molecule has 1 saturated carbocycles. The second kappa shape index (κ2) is 3.59. The normalized spacial score (nSPS) is 24.2. The van der Waals surface area contributed by atoms with Gasteiger partial charge in [-0.2, -0.15) is 0 Å². The summed E-state index contributed by atoms with van der Waals surface area (Å²) in [7, 11) is 1.46. The van der Waals surface area contributed by atoms with Crippen LogP contribution in [0.4, 0.5) is 0 Å². The van der Waals surface area contributed by atoms with Crippen LogP contribution in [-0.2, 0) is 9.53 Å². The van der Waals surface area contributed by atoms with Crippen molar-refractivity contribution in [3.05, 3.63) is 0 Å². The predicted molar refractivity (Wildman–Crippen MR) is 53.2 cm³/mol. The van der Waals surface area contributed by atoms with E-state index in [0.717, 1.165) is 44.6 Å². The van der Waals surface area contributed by atoms with E-state index in [1.54, 1.807) is 0 Å². The number of esters is 1. The fourth-order valence-electron chi connectivity index (χ4n) is 2.43. The van der Waals surface area contributed by atoms with Crippen molar-refractivity contribution in [3.63, 3.8) is 0 Å². The standard InChI is InChI=1S/C10H16N2O2/c1-14-9(13)10(4-2-3-5-10)8-11-6-7-12-8/h2-7H2,1H3,(H,11,12). The molecule has 0 saturated heterocycles. The summed E-state index contributed by atoms with van der Waals surface area (Å²) in [4.78, 5) is 16.1. The molecule has 0 aromatic carbocycles. The Hall–Kier alpha value is -1.06. The number of carbonyl (C=O) groups is 1. The molecule has 0 aromatic rings. The van der Waals surface area contributed by atoms with E-state index in [-0.39, 0.29) is 5.97 Å². The summed E-state index contributed by atoms with van der Waals surface area (Å²) in [6.07, 6.45) is 3.95. The number of carbonyl (C=O) groups excluding carboxylic acids is 1. The maximum atomic E-state index is 11.8. The quantitative estimate of drug-likeness (QED) is 0.662. The molecule has 0 atom stereocenters. The minimum atomic E-state index is -0.439. The fraction of sp³-hybridized carbons (Fsp3) is 0.800. The topological polar surface area (TPSA) is 50.7 Å². The van der Waals surface area contributed by atoms with Crippen molar-refractivity contribution in [2.75, 3.05) is 20.2 Å². The molecule has 0 amide bonds. The average molecular weight is 196 g/mol. The molecule has 4 heteroatoms. The smallest absolute Gasteiger partial charge is 0.319 e. The number of methoxy groups -OCH3 is 1. The summed E-state index contributed by atoms with van der Waals surface area (Å²) < 4.78 is 4.89. The Morgan fingerprint density at radius 2 is 2.21 bits per heavy atom. The zero-order valence-electron chi connectivity index (χ0n) is 8.51. The zero-order chi connectivity index (χ0) is 10.0. The van der Waals surface area contributed by atoms with Crippen molar-refractivity contribution in [1.29, 1.82) is 0 Å². The summed E-state index contributed by atoms with van der Waals surface area (Å²) in [6.45, 7) is 1.64. The number of rotatable bonds is 2. The number of hydrogen-bond donors (Lipinski definition) is 1. The van der Waals surface area contributed by atoms with E-state index in [2.05, 4.69) is 10.3 Å². The van der Waals surface area contributed by atoms with Crippen LogP contribution in [-0.4, -0.2) is 32.0 Å². The van der Waals surface area contributed by atoms with E-state index >= 15 is 0 Å². The molecule has 0 radical (unpaired) electrons. The Balaban J connectivity index is 2.25. The number of nitrogens with zero attached hydrogens (tertiary/aromatic N) is 1. The lowest BCUT2D eigenvalue weighted by Crippen LogP contribution is -2.43. The van der Waals surface area contributed by atoms with E-state index < -0.39 is 5.41 Å². The lowest BCUT2D eigenvalue weighted by molar-refractivity contribution is -0.148. The molecule has 1 aliphatic carbocycles. The lowest BCUT2D eigenvalue weighted by atomic mass is 9.85. The van der Waals surface area contributed by atoms with Crippen molar-refractivity contribution in [3.8, 4) is 0 Å². The first kappa shape index (κ1) is 9.49. The van der Waals surface area contributed by atoms with E-state index in [0.29, 0.717) is 0 Å². The van der Waals surface area contributed by atoms with Gasteiger partial charge in [-0.15, -0.1) is 0 Å². The number of nitrogens with one attached hydrogen (secondary N) is 1. The Kier molecular flexibility index (Phi) is 2.44. The number of aliphatic imine (C=N–C) groups is 1. The Morgan fingerprint density at radius 1 is 1.50 bits per heavy atom. The zero-order valence-corrected chi connectivity index (χ0v) is 8.51. The molecule has 4 nitrogen and oxygen atoms in total. The third kappa shape index (κ3) is 1.29. The summed E-state index contributed by atoms with van der Waals surface area (Å²) in [6, 6.07) is 0. The van der Waals surface area contributed by atoms with Gasteiger partial charge in [0.2, 0.25) is 0 Å². The molecule has 14 heavy (non-hydrogen) atoms. The Labute approximate surface area is 83.7 Å². The molecule has 1 fully saturated rings. The van der Waals surface area contributed by atoms with Crippen LogP contribution in [0, 0.1) is 5.41 Å². The monoisotopic (exact) mass is 196 g/mol. The minimum absolute atomic E-state index is 0.122. The maximum absolute atomic E-state index is 11.8. The van der Waals surface area contributed by atoms with Gasteiger partial charge in [-0.05, 0) is 12.8 Å². The van der Waals surface area contributed by atoms with Crippen molar-refractivity contribution in [2.45, 2.75) is 25.7 Å². The lowest BCUT2D eigenvalue weighted by Gasteiger charge is -2.25. The number of hydrogen-bond acceptors (Lipinski definition) is 4. The molecular weight excluding hydrogens is 180 g/mol. The van der Waals surface area contributed by atoms with Crippen molar-refractivity contribution in [2.24, 2.45) is 10.4 Å². The molecule has 1 aliphatic heterocycles. The molecular formula is C10H16N2O2. The van der Waals surface area contributed by atoms with Crippen molar-refractivity contribution in [1.82, 2.24) is 5.32 Å². The van der Waals surface area contributed by atoms with Crippen LogP contribution >= 0.6 is 0 Å². The SMILES string of the molecule is COC(=O)C1(C2=NCCN2)CCCC1. The van der Waals surface area contributed by atoms with Crippen LogP contribution < -0.4 is 5.32 Å². The summed E-state index contributed by atoms with van der Waals surface area (Å²) in [5, 5.41) is 3.20. The predicted octanol–water partition coefficient (Wildman–Crippen LogP) is 0.721. The molecule has 1 N–H and O–H groups in total. The first-order valence-electron chi connectivity index (χ1n) is 5.17. The van der Waals surface area contributed by atoms with E-state index in [4.69, 9.17) is 4.74 Å². The van der Waals surface area contributed by atoms with E-state index in [1.165, 1.54) is 7.11 Å². The van der Waals surface area contributed by atoms with Gasteiger partial charge in [0.1, 0.15) is 11.3 Å². The highest BCUT2D eigenvalue weighted by molar-refractivity contribution is 6.06. The van der Waals surface area contributed by atoms with Gasteiger partial charge < -0.3 is 10.1 Å². The highest BCUT2D eigenvalue weighted by Gasteiger charge is 2.47. The third-order valence-corrected chi connectivity index (χ3v) is 3.16. The molecule has 0 aromatic heterocycles. The van der Waals surface area contributed by atoms with Gasteiger partial charge in [0.25, 0.3) is 0 Å². The second-order valence-corrected chi connectivity index (χ2v) is 3.94. The summed E-state index contributed by atoms with van der Waals surface area (Å²) in [5.41, 5.74) is -0.439. The van der Waals surface area contributed by atoms with Gasteiger partial charge in [-0.3, -0.25) is 9.79 Å². The molecule has 0 spiro atoms. The Bertz CT molecular complexity index is 267. The largest absolute Gasteiger partial charge is 0.468 e. The van der Waals surface area contributed by atoms with E-state index in [1.807, 2.05) is 0 Å². The average Bonchev–Trinajstić information content (AvgIpc) is 2.86. The van der Waals surface area contributed by atoms with Crippen LogP contribution in [0.3, 0.4) is 0 Å². The van der Waals surface area contributed by atoms with Gasteiger partial charge in [0.15, 0.2) is 0 Å². The highest BCUT2D eigenvalue weighted by Crippen LogP contribution is 2.40. The van der Waals surface area contributed by atoms with E-state index in [9.17, 15) is 4.79 Å². The maximum Gasteiger partial charge on any atom is 0.319 e. The molecule has 1 heterocycles. The summed E-state index contributed by atoms with van der Waals surface area (Å²) >= 11 is 0. The van der Waals surface area contributed by atoms with Gasteiger partial charge in [-0.1, -0.05) is 12.8 Å². The molecule has 0 bridgehead atoms. The summed E-state index contributed by atoms with van der Waals surface area (Å²) in [5.74, 6) is 0.741. The third-order valence-electron chi connectivity index (χ3n) is 3.16. The van der Waals surface area contributed by atoms with Crippen LogP contribution in [0.1, 0.15) is 25.7 Å². The number of ether oxygens (including phenoxy) is 1. The molecule has 2 aliphatic rings. The van der Waals surface area contributed by atoms with Crippen LogP contribution in [0.15, 0.2) is 4.99 Å². The van der Waals surface area contributed by atoms with Gasteiger partial charge in [0, 0.05) is 6.54 Å². The molecule has 0 unspecified atom stereocenters. The van der Waals surface area contributed by atoms with Gasteiger partial charge >= 0.3 is 5.97 Å². The van der Waals surface area contributed by atoms with Crippen molar-refractivity contribution < 1.29 is 9.53 Å². The van der Waals surface area contributed by atoms with Gasteiger partial charge in [0.05, 0.1) is 13.7 Å². The number of amidine groups is 1.